The molecule has 7 rings (SSSR count). The van der Waals surface area contributed by atoms with Crippen molar-refractivity contribution in [2.24, 2.45) is 0 Å². The molecule has 30 heteroatoms. The Hall–Kier alpha value is -7.27. The Morgan fingerprint density at radius 3 is 0.988 bits per heavy atom. The van der Waals surface area contributed by atoms with Crippen LogP contribution in [0.25, 0.3) is 0 Å². The SMILES string of the molecule is FC(F)(F)c1cc([B-](c2cc(C(F)(F)F)cc(C(F)(F)F)c2)(c2cc(C(F)(F)F)cc(C(F)(F)F)c2)c2cc(C(F)(F)F)cc(C(F)(F)F)c2)cc(C(F)(F)F)c1.O=C(C[n+]1ccncc1Oc1ccc(Br)cc1)c1ccccc1. The first-order valence-electron chi connectivity index (χ1n) is 21.7. The van der Waals surface area contributed by atoms with Crippen LogP contribution in [0.5, 0.6) is 11.6 Å². The molecule has 4 nitrogen and oxygen atoms in total. The summed E-state index contributed by atoms with van der Waals surface area (Å²) in [5.74, 6) is 1.21. The van der Waals surface area contributed by atoms with Crippen LogP contribution in [0.1, 0.15) is 54.9 Å². The van der Waals surface area contributed by atoms with E-state index in [-0.39, 0.29) is 12.3 Å². The Kier molecular flexibility index (Phi) is 17.0. The van der Waals surface area contributed by atoms with Crippen LogP contribution in [-0.4, -0.2) is 16.9 Å². The lowest BCUT2D eigenvalue weighted by atomic mass is 9.12. The molecular formula is C50H26BBrF24N2O2. The predicted molar refractivity (Wildman–Crippen MR) is 239 cm³/mol. The molecule has 0 bridgehead atoms. The topological polar surface area (TPSA) is 43.1 Å². The zero-order chi connectivity index (χ0) is 60.0. The highest BCUT2D eigenvalue weighted by Gasteiger charge is 2.47. The van der Waals surface area contributed by atoms with Gasteiger partial charge in [-0.1, -0.05) is 94.8 Å². The van der Waals surface area contributed by atoms with Gasteiger partial charge < -0.3 is 4.74 Å². The number of carbonyl (C=O) groups is 1. The van der Waals surface area contributed by atoms with Crippen molar-refractivity contribution in [3.05, 3.63) is 201 Å². The van der Waals surface area contributed by atoms with Crippen molar-refractivity contribution in [2.75, 3.05) is 0 Å². The Labute approximate surface area is 441 Å². The van der Waals surface area contributed by atoms with Crippen molar-refractivity contribution in [3.63, 3.8) is 0 Å². The molecule has 0 spiro atoms. The number of alkyl halides is 24. The summed E-state index contributed by atoms with van der Waals surface area (Å²) in [6.07, 6.45) is -49.8. The summed E-state index contributed by atoms with van der Waals surface area (Å²) in [4.78, 5) is 16.4. The molecule has 426 valence electrons. The fourth-order valence-electron chi connectivity index (χ4n) is 8.15. The first-order valence-corrected chi connectivity index (χ1v) is 22.5. The minimum Gasteiger partial charge on any atom is -0.404 e. The summed E-state index contributed by atoms with van der Waals surface area (Å²) < 4.78 is 349. The third-order valence-corrected chi connectivity index (χ3v) is 12.2. The molecule has 0 aliphatic carbocycles. The molecule has 1 heterocycles. The van der Waals surface area contributed by atoms with Gasteiger partial charge in [-0.2, -0.15) is 132 Å². The first kappa shape index (κ1) is 61.9. The second-order valence-corrected chi connectivity index (χ2v) is 18.0. The molecule has 1 aromatic heterocycles. The van der Waals surface area contributed by atoms with E-state index in [2.05, 4.69) is 20.9 Å². The van der Waals surface area contributed by atoms with Crippen LogP contribution in [0, 0.1) is 0 Å². The lowest BCUT2D eigenvalue weighted by Gasteiger charge is -2.46. The summed E-state index contributed by atoms with van der Waals surface area (Å²) in [5, 5.41) is 0. The molecule has 0 amide bonds. The van der Waals surface area contributed by atoms with Gasteiger partial charge in [0, 0.05) is 10.0 Å². The van der Waals surface area contributed by atoms with Crippen LogP contribution in [0.15, 0.2) is 150 Å². The number of Topliss-reactive ketones (excluding diaryl/α,β-unsaturated/α-hetero) is 1. The van der Waals surface area contributed by atoms with Gasteiger partial charge in [-0.25, -0.2) is 4.98 Å². The van der Waals surface area contributed by atoms with Crippen LogP contribution < -0.4 is 31.2 Å². The summed E-state index contributed by atoms with van der Waals surface area (Å²) in [5.41, 5.74) is -29.5. The zero-order valence-electron chi connectivity index (χ0n) is 38.8. The fraction of sp³-hybridized carbons (Fsp3) is 0.180. The maximum Gasteiger partial charge on any atom is 0.416 e. The highest BCUT2D eigenvalue weighted by atomic mass is 79.9. The average Bonchev–Trinajstić information content (AvgIpc) is 3.34. The molecule has 0 atom stereocenters. The van der Waals surface area contributed by atoms with Crippen molar-refractivity contribution in [1.82, 2.24) is 4.98 Å². The summed E-state index contributed by atoms with van der Waals surface area (Å²) in [7, 11) is 0. The van der Waals surface area contributed by atoms with E-state index in [1.165, 1.54) is 0 Å². The highest BCUT2D eigenvalue weighted by molar-refractivity contribution is 9.10. The molecule has 0 saturated heterocycles. The third-order valence-electron chi connectivity index (χ3n) is 11.7. The summed E-state index contributed by atoms with van der Waals surface area (Å²) in [6.45, 7) is 0.193. The molecule has 6 aromatic carbocycles. The van der Waals surface area contributed by atoms with Gasteiger partial charge in [-0.3, -0.25) is 4.79 Å². The summed E-state index contributed by atoms with van der Waals surface area (Å²) >= 11 is 3.39. The van der Waals surface area contributed by atoms with Gasteiger partial charge in [0.15, 0.2) is 6.20 Å². The molecule has 0 aliphatic heterocycles. The van der Waals surface area contributed by atoms with E-state index in [0.717, 1.165) is 4.47 Å². The first-order chi connectivity index (χ1) is 36.5. The molecule has 0 N–H and O–H groups in total. The third kappa shape index (κ3) is 14.6. The van der Waals surface area contributed by atoms with Crippen LogP contribution in [0.4, 0.5) is 105 Å². The number of benzene rings is 6. The maximum absolute atomic E-state index is 14.2. The molecule has 0 saturated carbocycles. The Balaban J connectivity index is 0.000000370. The largest absolute Gasteiger partial charge is 0.416 e. The van der Waals surface area contributed by atoms with Crippen molar-refractivity contribution >= 4 is 49.7 Å². The monoisotopic (exact) mass is 1230 g/mol. The number of hydrogen-bond acceptors (Lipinski definition) is 3. The Morgan fingerprint density at radius 2 is 0.713 bits per heavy atom. The molecule has 7 aromatic rings. The number of ketones is 1. The van der Waals surface area contributed by atoms with Gasteiger partial charge >= 0.3 is 55.3 Å². The number of carbonyl (C=O) groups excluding carboxylic acids is 1. The Bertz CT molecular complexity index is 2930. The number of hydrogen-bond donors (Lipinski definition) is 0. The fourth-order valence-corrected chi connectivity index (χ4v) is 8.42. The number of rotatable bonds is 9. The lowest BCUT2D eigenvalue weighted by molar-refractivity contribution is -0.687. The van der Waals surface area contributed by atoms with Crippen LogP contribution in [-0.2, 0) is 56.0 Å². The molecule has 0 radical (unpaired) electrons. The van der Waals surface area contributed by atoms with E-state index < -0.39 is 195 Å². The van der Waals surface area contributed by atoms with Gasteiger partial charge in [0.25, 0.3) is 0 Å². The maximum atomic E-state index is 14.2. The van der Waals surface area contributed by atoms with Gasteiger partial charge in [0.05, 0.1) is 50.7 Å². The van der Waals surface area contributed by atoms with Crippen molar-refractivity contribution < 1.29 is 119 Å². The minimum atomic E-state index is -6.13. The van der Waals surface area contributed by atoms with Crippen LogP contribution in [0.3, 0.4) is 0 Å². The Morgan fingerprint density at radius 1 is 0.425 bits per heavy atom. The normalized spacial score (nSPS) is 13.2. The van der Waals surface area contributed by atoms with Gasteiger partial charge in [-0.15, -0.1) is 0 Å². The number of nitrogens with zero attached hydrogens (tertiary/aromatic N) is 2. The van der Waals surface area contributed by atoms with Gasteiger partial charge in [0.1, 0.15) is 18.1 Å². The lowest BCUT2D eigenvalue weighted by Crippen LogP contribution is -2.75. The van der Waals surface area contributed by atoms with E-state index in [4.69, 9.17) is 4.74 Å². The highest BCUT2D eigenvalue weighted by Crippen LogP contribution is 2.41. The number of halogens is 25. The second kappa shape index (κ2) is 22.0. The number of aromatic nitrogens is 2. The van der Waals surface area contributed by atoms with Crippen LogP contribution in [0.2, 0.25) is 0 Å². The predicted octanol–water partition coefficient (Wildman–Crippen LogP) is 15.0. The quantitative estimate of drug-likeness (QED) is 0.0626. The number of ether oxygens (including phenoxy) is 1. The van der Waals surface area contributed by atoms with E-state index >= 15 is 0 Å². The van der Waals surface area contributed by atoms with Crippen molar-refractivity contribution in [3.8, 4) is 11.6 Å². The summed E-state index contributed by atoms with van der Waals surface area (Å²) in [6, 6.07) is 7.87. The van der Waals surface area contributed by atoms with E-state index in [1.54, 1.807) is 35.3 Å². The van der Waals surface area contributed by atoms with Crippen molar-refractivity contribution in [2.45, 2.75) is 56.0 Å². The van der Waals surface area contributed by atoms with E-state index in [1.807, 2.05) is 42.5 Å². The molecule has 0 unspecified atom stereocenters. The smallest absolute Gasteiger partial charge is 0.404 e. The molecule has 0 aliphatic rings. The second-order valence-electron chi connectivity index (χ2n) is 17.1. The zero-order valence-corrected chi connectivity index (χ0v) is 40.4. The van der Waals surface area contributed by atoms with E-state index in [9.17, 15) is 110 Å². The average molecular weight is 1230 g/mol. The molecule has 80 heavy (non-hydrogen) atoms. The van der Waals surface area contributed by atoms with Crippen molar-refractivity contribution in [1.29, 1.82) is 0 Å². The van der Waals surface area contributed by atoms with Gasteiger partial charge in [-0.05, 0) is 48.5 Å². The standard InChI is InChI=1S/C32H12BF24.C18H14BrN2O2/c34-25(35,36)13-1-14(26(37,38)39)6-21(5-13)33(22-7-15(27(40,41)42)2-16(8-22)28(43,44)45,23-9-17(29(46,47)48)3-18(10-23)30(49,50)51)24-11-19(31(52,53)54)4-20(12-24)32(55,56)57;19-15-6-8-16(9-7-15)23-18-12-20-10-11-21(18)13-17(22)14-4-2-1-3-5-14/h1-12H;1-12H,13H2/q-1;+1. The minimum absolute atomic E-state index is 0.0162. The molecule has 0 fully saturated rings. The van der Waals surface area contributed by atoms with Gasteiger partial charge in [0.2, 0.25) is 12.3 Å². The van der Waals surface area contributed by atoms with E-state index in [0.29, 0.717) is 17.2 Å². The van der Waals surface area contributed by atoms with Crippen LogP contribution >= 0.6 is 15.9 Å². The molecular weight excluding hydrogens is 1210 g/mol.